The van der Waals surface area contributed by atoms with Gasteiger partial charge in [-0.15, -0.1) is 0 Å². The molecule has 0 unspecified atom stereocenters. The van der Waals surface area contributed by atoms with Crippen molar-refractivity contribution in [2.45, 2.75) is 38.8 Å². The minimum atomic E-state index is 0.475. The van der Waals surface area contributed by atoms with Crippen LogP contribution in [-0.2, 0) is 13.0 Å². The summed E-state index contributed by atoms with van der Waals surface area (Å²) < 4.78 is 0. The van der Waals surface area contributed by atoms with Gasteiger partial charge in [0, 0.05) is 43.9 Å². The molecule has 2 aliphatic rings. The van der Waals surface area contributed by atoms with E-state index in [2.05, 4.69) is 51.4 Å². The second-order valence-electron chi connectivity index (χ2n) is 7.17. The number of allylic oxidation sites excluding steroid dienone is 1. The first kappa shape index (κ1) is 16.7. The van der Waals surface area contributed by atoms with Crippen molar-refractivity contribution in [2.75, 3.05) is 18.4 Å². The maximum atomic E-state index is 9.15. The van der Waals surface area contributed by atoms with Crippen LogP contribution in [-0.4, -0.2) is 34.0 Å². The van der Waals surface area contributed by atoms with E-state index >= 15 is 0 Å². The van der Waals surface area contributed by atoms with Crippen LogP contribution in [0, 0.1) is 18.3 Å². The monoisotopic (exact) mass is 345 g/mol. The molecule has 5 heteroatoms. The topological polar surface area (TPSA) is 64.8 Å². The first-order chi connectivity index (χ1) is 12.7. The second-order valence-corrected chi connectivity index (χ2v) is 7.17. The zero-order valence-electron chi connectivity index (χ0n) is 15.1. The summed E-state index contributed by atoms with van der Waals surface area (Å²) >= 11 is 0. The van der Waals surface area contributed by atoms with Crippen LogP contribution in [0.15, 0.2) is 36.3 Å². The highest BCUT2D eigenvalue weighted by Crippen LogP contribution is 2.30. The van der Waals surface area contributed by atoms with E-state index in [0.29, 0.717) is 6.04 Å². The number of aromatic nitrogens is 2. The Bertz CT molecular complexity index is 858. The molecular formula is C21H23N5. The van der Waals surface area contributed by atoms with Crippen molar-refractivity contribution >= 4 is 11.9 Å². The highest BCUT2D eigenvalue weighted by atomic mass is 15.1. The van der Waals surface area contributed by atoms with Gasteiger partial charge in [0.1, 0.15) is 12.1 Å². The predicted molar refractivity (Wildman–Crippen MR) is 102 cm³/mol. The molecule has 0 bridgehead atoms. The second kappa shape index (κ2) is 7.27. The molecule has 2 heterocycles. The molecule has 0 atom stereocenters. The molecule has 1 N–H and O–H groups in total. The van der Waals surface area contributed by atoms with E-state index in [9.17, 15) is 0 Å². The first-order valence-corrected chi connectivity index (χ1v) is 9.20. The number of rotatable bonds is 4. The van der Waals surface area contributed by atoms with Crippen LogP contribution in [0.2, 0.25) is 0 Å². The molecule has 1 saturated heterocycles. The van der Waals surface area contributed by atoms with Gasteiger partial charge in [-0.05, 0) is 54.2 Å². The number of benzene rings is 1. The predicted octanol–water partition coefficient (Wildman–Crippen LogP) is 3.32. The molecule has 26 heavy (non-hydrogen) atoms. The van der Waals surface area contributed by atoms with E-state index in [1.807, 2.05) is 6.07 Å². The quantitative estimate of drug-likeness (QED) is 0.921. The zero-order valence-corrected chi connectivity index (χ0v) is 15.1. The van der Waals surface area contributed by atoms with Gasteiger partial charge in [-0.1, -0.05) is 12.1 Å². The molecule has 1 aliphatic heterocycles. The number of fused-ring (bicyclic) bond motifs is 1. The van der Waals surface area contributed by atoms with E-state index < -0.39 is 0 Å². The van der Waals surface area contributed by atoms with Crippen LogP contribution < -0.4 is 5.32 Å². The summed E-state index contributed by atoms with van der Waals surface area (Å²) in [4.78, 5) is 10.7. The lowest BCUT2D eigenvalue weighted by Crippen LogP contribution is -2.38. The Morgan fingerprint density at radius 3 is 2.85 bits per heavy atom. The Balaban J connectivity index is 1.37. The molecule has 5 nitrogen and oxygen atoms in total. The highest BCUT2D eigenvalue weighted by Gasteiger charge is 2.21. The van der Waals surface area contributed by atoms with Crippen LogP contribution in [0.1, 0.15) is 35.1 Å². The minimum Gasteiger partial charge on any atom is -0.367 e. The average Bonchev–Trinajstić information content (AvgIpc) is 3.11. The van der Waals surface area contributed by atoms with E-state index in [0.717, 1.165) is 50.3 Å². The minimum absolute atomic E-state index is 0.475. The lowest BCUT2D eigenvalue weighted by molar-refractivity contribution is 0.211. The number of nitrogens with zero attached hydrogens (tertiary/aromatic N) is 4. The van der Waals surface area contributed by atoms with E-state index in [4.69, 9.17) is 5.26 Å². The van der Waals surface area contributed by atoms with Gasteiger partial charge in [-0.25, -0.2) is 9.97 Å². The van der Waals surface area contributed by atoms with Gasteiger partial charge in [0.25, 0.3) is 0 Å². The Kier molecular flexibility index (Phi) is 4.68. The molecule has 1 fully saturated rings. The smallest absolute Gasteiger partial charge is 0.129 e. The molecule has 4 rings (SSSR count). The number of anilines is 1. The Morgan fingerprint density at radius 2 is 2.12 bits per heavy atom. The molecule has 1 aromatic carbocycles. The number of nitriles is 1. The molecule has 1 aliphatic carbocycles. The van der Waals surface area contributed by atoms with E-state index in [1.165, 1.54) is 22.3 Å². The summed E-state index contributed by atoms with van der Waals surface area (Å²) in [6.07, 6.45) is 8.44. The average molecular weight is 345 g/mol. The standard InChI is InChI=1S/C21H23N5/c1-15-18(3-2-17-10-16(12-22)11-20(15)17)13-26-8-5-19(6-9-26)25-21-4-7-23-14-24-21/h2-4,7,11,14,19H,5-6,8-10,13H2,1H3,(H,23,24,25). The van der Waals surface area contributed by atoms with E-state index in [-0.39, 0.29) is 0 Å². The summed E-state index contributed by atoms with van der Waals surface area (Å²) in [6.45, 7) is 5.33. The molecule has 0 saturated carbocycles. The fourth-order valence-corrected chi connectivity index (χ4v) is 3.92. The summed E-state index contributed by atoms with van der Waals surface area (Å²) in [5.41, 5.74) is 6.13. The van der Waals surface area contributed by atoms with Gasteiger partial charge in [-0.3, -0.25) is 4.90 Å². The van der Waals surface area contributed by atoms with E-state index in [1.54, 1.807) is 12.5 Å². The number of hydrogen-bond donors (Lipinski definition) is 1. The third-order valence-corrected chi connectivity index (χ3v) is 5.48. The molecule has 2 aromatic rings. The van der Waals surface area contributed by atoms with Gasteiger partial charge < -0.3 is 5.32 Å². The van der Waals surface area contributed by atoms with Crippen molar-refractivity contribution in [1.29, 1.82) is 5.26 Å². The lowest BCUT2D eigenvalue weighted by atomic mass is 9.97. The van der Waals surface area contributed by atoms with Crippen LogP contribution in [0.3, 0.4) is 0 Å². The fraction of sp³-hybridized carbons (Fsp3) is 0.381. The Labute approximate surface area is 154 Å². The Morgan fingerprint density at radius 1 is 1.27 bits per heavy atom. The molecular weight excluding hydrogens is 322 g/mol. The van der Waals surface area contributed by atoms with Crippen molar-refractivity contribution in [3.05, 3.63) is 58.6 Å². The number of hydrogen-bond acceptors (Lipinski definition) is 5. The molecule has 1 aromatic heterocycles. The Hall–Kier alpha value is -2.71. The van der Waals surface area contributed by atoms with Gasteiger partial charge in [0.15, 0.2) is 0 Å². The van der Waals surface area contributed by atoms with Crippen molar-refractivity contribution < 1.29 is 0 Å². The van der Waals surface area contributed by atoms with Gasteiger partial charge in [-0.2, -0.15) is 5.26 Å². The van der Waals surface area contributed by atoms with Crippen LogP contribution in [0.25, 0.3) is 6.08 Å². The molecule has 0 spiro atoms. The molecule has 0 radical (unpaired) electrons. The fourth-order valence-electron chi connectivity index (χ4n) is 3.92. The zero-order chi connectivity index (χ0) is 17.9. The van der Waals surface area contributed by atoms with Crippen molar-refractivity contribution in [1.82, 2.24) is 14.9 Å². The summed E-state index contributed by atoms with van der Waals surface area (Å²) in [6, 6.07) is 9.13. The van der Waals surface area contributed by atoms with Gasteiger partial charge >= 0.3 is 0 Å². The maximum absolute atomic E-state index is 9.15. The van der Waals surface area contributed by atoms with Gasteiger partial charge in [0.05, 0.1) is 6.07 Å². The van der Waals surface area contributed by atoms with Crippen molar-refractivity contribution in [3.63, 3.8) is 0 Å². The van der Waals surface area contributed by atoms with Crippen LogP contribution in [0.5, 0.6) is 0 Å². The van der Waals surface area contributed by atoms with Crippen molar-refractivity contribution in [2.24, 2.45) is 0 Å². The highest BCUT2D eigenvalue weighted by molar-refractivity contribution is 5.70. The normalized spacial score (nSPS) is 17.5. The number of likely N-dealkylation sites (tertiary alicyclic amines) is 1. The molecule has 0 amide bonds. The largest absolute Gasteiger partial charge is 0.367 e. The van der Waals surface area contributed by atoms with Gasteiger partial charge in [0.2, 0.25) is 0 Å². The van der Waals surface area contributed by atoms with Crippen LogP contribution in [0.4, 0.5) is 5.82 Å². The SMILES string of the molecule is Cc1c(CN2CCC(Nc3ccncn3)CC2)ccc2c1C=C(C#N)C2. The third-order valence-electron chi connectivity index (χ3n) is 5.48. The summed E-state index contributed by atoms with van der Waals surface area (Å²) in [5, 5.41) is 12.7. The number of nitrogens with one attached hydrogen (secondary N) is 1. The number of piperidine rings is 1. The summed E-state index contributed by atoms with van der Waals surface area (Å²) in [5.74, 6) is 0.910. The third kappa shape index (κ3) is 3.47. The first-order valence-electron chi connectivity index (χ1n) is 9.20. The lowest BCUT2D eigenvalue weighted by Gasteiger charge is -2.33. The van der Waals surface area contributed by atoms with Crippen molar-refractivity contribution in [3.8, 4) is 6.07 Å². The maximum Gasteiger partial charge on any atom is 0.129 e. The van der Waals surface area contributed by atoms with Crippen LogP contribution >= 0.6 is 0 Å². The molecule has 132 valence electrons. The summed E-state index contributed by atoms with van der Waals surface area (Å²) in [7, 11) is 0.